The first-order valence-corrected chi connectivity index (χ1v) is 7.29. The van der Waals surface area contributed by atoms with Crippen molar-refractivity contribution in [2.45, 2.75) is 45.6 Å². The minimum absolute atomic E-state index is 0.0700. The summed E-state index contributed by atoms with van der Waals surface area (Å²) in [6, 6.07) is 5.08. The first-order chi connectivity index (χ1) is 9.56. The van der Waals surface area contributed by atoms with E-state index in [0.717, 1.165) is 25.7 Å². The molecule has 1 aromatic carbocycles. The lowest BCUT2D eigenvalue weighted by Crippen LogP contribution is -2.15. The Morgan fingerprint density at radius 3 is 2.65 bits per heavy atom. The van der Waals surface area contributed by atoms with Crippen LogP contribution in [0.5, 0.6) is 5.75 Å². The monoisotopic (exact) mass is 277 g/mol. The smallest absolute Gasteiger partial charge is 0.338 e. The Balaban J connectivity index is 1.98. The maximum absolute atomic E-state index is 12.0. The maximum atomic E-state index is 12.0. The lowest BCUT2D eigenvalue weighted by Gasteiger charge is -2.14. The van der Waals surface area contributed by atoms with E-state index in [2.05, 4.69) is 13.8 Å². The fourth-order valence-corrected chi connectivity index (χ4v) is 2.29. The number of esters is 1. The number of ether oxygens (including phenoxy) is 2. The van der Waals surface area contributed by atoms with Crippen molar-refractivity contribution in [3.63, 3.8) is 0 Å². The fraction of sp³-hybridized carbons (Fsp3) is 0.562. The third-order valence-electron chi connectivity index (χ3n) is 3.39. The van der Waals surface area contributed by atoms with E-state index < -0.39 is 0 Å². The Morgan fingerprint density at radius 1 is 1.35 bits per heavy atom. The number of carbonyl (C=O) groups is 1. The SMILES string of the molecule is CC(C)COc1ccc(C(=O)OC2CCCC2)cc1N. The van der Waals surface area contributed by atoms with Gasteiger partial charge in [-0.05, 0) is 49.8 Å². The molecule has 0 atom stereocenters. The number of nitrogens with two attached hydrogens (primary N) is 1. The van der Waals surface area contributed by atoms with Gasteiger partial charge in [0, 0.05) is 0 Å². The van der Waals surface area contributed by atoms with E-state index in [4.69, 9.17) is 15.2 Å². The number of rotatable bonds is 5. The lowest BCUT2D eigenvalue weighted by atomic mass is 10.2. The van der Waals surface area contributed by atoms with Crippen LogP contribution in [0.2, 0.25) is 0 Å². The summed E-state index contributed by atoms with van der Waals surface area (Å²) in [6.45, 7) is 4.75. The highest BCUT2D eigenvalue weighted by atomic mass is 16.5. The molecule has 0 radical (unpaired) electrons. The predicted octanol–water partition coefficient (Wildman–Crippen LogP) is 3.40. The molecule has 1 saturated carbocycles. The molecule has 4 heteroatoms. The van der Waals surface area contributed by atoms with Crippen LogP contribution in [0.3, 0.4) is 0 Å². The summed E-state index contributed by atoms with van der Waals surface area (Å²) in [7, 11) is 0. The molecule has 1 fully saturated rings. The molecule has 2 N–H and O–H groups in total. The number of carbonyl (C=O) groups excluding carboxylic acids is 1. The fourth-order valence-electron chi connectivity index (χ4n) is 2.29. The van der Waals surface area contributed by atoms with Crippen molar-refractivity contribution in [2.75, 3.05) is 12.3 Å². The molecule has 0 saturated heterocycles. The third kappa shape index (κ3) is 3.89. The molecule has 0 amide bonds. The van der Waals surface area contributed by atoms with E-state index in [1.807, 2.05) is 0 Å². The van der Waals surface area contributed by atoms with E-state index in [9.17, 15) is 4.79 Å². The van der Waals surface area contributed by atoms with E-state index in [1.54, 1.807) is 18.2 Å². The van der Waals surface area contributed by atoms with Gasteiger partial charge in [0.15, 0.2) is 0 Å². The van der Waals surface area contributed by atoms with Gasteiger partial charge in [0.2, 0.25) is 0 Å². The minimum Gasteiger partial charge on any atom is -0.491 e. The average molecular weight is 277 g/mol. The summed E-state index contributed by atoms with van der Waals surface area (Å²) in [5, 5.41) is 0. The highest BCUT2D eigenvalue weighted by Crippen LogP contribution is 2.26. The Bertz CT molecular complexity index is 465. The van der Waals surface area contributed by atoms with Gasteiger partial charge in [-0.25, -0.2) is 4.79 Å². The van der Waals surface area contributed by atoms with Crippen LogP contribution in [0.15, 0.2) is 18.2 Å². The number of anilines is 1. The summed E-state index contributed by atoms with van der Waals surface area (Å²) in [5.74, 6) is 0.761. The van der Waals surface area contributed by atoms with Gasteiger partial charge in [0.1, 0.15) is 11.9 Å². The lowest BCUT2D eigenvalue weighted by molar-refractivity contribution is 0.0318. The largest absolute Gasteiger partial charge is 0.491 e. The normalized spacial score (nSPS) is 15.6. The Labute approximate surface area is 120 Å². The van der Waals surface area contributed by atoms with E-state index in [0.29, 0.717) is 29.5 Å². The van der Waals surface area contributed by atoms with E-state index >= 15 is 0 Å². The summed E-state index contributed by atoms with van der Waals surface area (Å²) in [5.41, 5.74) is 6.89. The minimum atomic E-state index is -0.293. The first kappa shape index (κ1) is 14.7. The molecule has 1 aromatic rings. The van der Waals surface area contributed by atoms with Gasteiger partial charge in [0.05, 0.1) is 17.9 Å². The first-order valence-electron chi connectivity index (χ1n) is 7.29. The van der Waals surface area contributed by atoms with Crippen molar-refractivity contribution in [3.8, 4) is 5.75 Å². The number of nitrogen functional groups attached to an aromatic ring is 1. The molecule has 0 unspecified atom stereocenters. The number of hydrogen-bond donors (Lipinski definition) is 1. The maximum Gasteiger partial charge on any atom is 0.338 e. The van der Waals surface area contributed by atoms with Crippen molar-refractivity contribution < 1.29 is 14.3 Å². The van der Waals surface area contributed by atoms with Gasteiger partial charge in [-0.1, -0.05) is 13.8 Å². The predicted molar refractivity (Wildman–Crippen MR) is 78.9 cm³/mol. The van der Waals surface area contributed by atoms with Crippen molar-refractivity contribution in [3.05, 3.63) is 23.8 Å². The molecule has 0 aromatic heterocycles. The molecule has 2 rings (SSSR count). The average Bonchev–Trinajstić information content (AvgIpc) is 2.89. The van der Waals surface area contributed by atoms with Crippen LogP contribution in [0.1, 0.15) is 49.9 Å². The molecular formula is C16H23NO3. The standard InChI is InChI=1S/C16H23NO3/c1-11(2)10-19-15-8-7-12(9-14(15)17)16(18)20-13-5-3-4-6-13/h7-9,11,13H,3-6,10,17H2,1-2H3. The second-order valence-electron chi connectivity index (χ2n) is 5.77. The van der Waals surface area contributed by atoms with Crippen LogP contribution >= 0.6 is 0 Å². The number of hydrogen-bond acceptors (Lipinski definition) is 4. The van der Waals surface area contributed by atoms with E-state index in [-0.39, 0.29) is 12.1 Å². The highest BCUT2D eigenvalue weighted by Gasteiger charge is 2.20. The van der Waals surface area contributed by atoms with Gasteiger partial charge < -0.3 is 15.2 Å². The Morgan fingerprint density at radius 2 is 2.05 bits per heavy atom. The number of benzene rings is 1. The molecule has 0 spiro atoms. The molecule has 0 bridgehead atoms. The quantitative estimate of drug-likeness (QED) is 0.662. The summed E-state index contributed by atoms with van der Waals surface area (Å²) >= 11 is 0. The molecule has 0 heterocycles. The van der Waals surface area contributed by atoms with Gasteiger partial charge >= 0.3 is 5.97 Å². The molecule has 1 aliphatic rings. The van der Waals surface area contributed by atoms with Gasteiger partial charge in [-0.3, -0.25) is 0 Å². The van der Waals surface area contributed by atoms with Gasteiger partial charge in [-0.2, -0.15) is 0 Å². The second kappa shape index (κ2) is 6.64. The van der Waals surface area contributed by atoms with Crippen LogP contribution in [0.25, 0.3) is 0 Å². The molecule has 1 aliphatic carbocycles. The van der Waals surface area contributed by atoms with Crippen LogP contribution in [-0.4, -0.2) is 18.7 Å². The van der Waals surface area contributed by atoms with Crippen LogP contribution in [0.4, 0.5) is 5.69 Å². The van der Waals surface area contributed by atoms with E-state index in [1.165, 1.54) is 0 Å². The van der Waals surface area contributed by atoms with Crippen molar-refractivity contribution in [1.82, 2.24) is 0 Å². The Hall–Kier alpha value is -1.71. The molecule has 20 heavy (non-hydrogen) atoms. The van der Waals surface area contributed by atoms with Crippen LogP contribution < -0.4 is 10.5 Å². The molecule has 4 nitrogen and oxygen atoms in total. The van der Waals surface area contributed by atoms with Crippen molar-refractivity contribution in [1.29, 1.82) is 0 Å². The van der Waals surface area contributed by atoms with Gasteiger partial charge in [0.25, 0.3) is 0 Å². The summed E-state index contributed by atoms with van der Waals surface area (Å²) in [4.78, 5) is 12.0. The zero-order chi connectivity index (χ0) is 14.5. The molecular weight excluding hydrogens is 254 g/mol. The molecule has 110 valence electrons. The van der Waals surface area contributed by atoms with Gasteiger partial charge in [-0.15, -0.1) is 0 Å². The van der Waals surface area contributed by atoms with Crippen LogP contribution in [0, 0.1) is 5.92 Å². The van der Waals surface area contributed by atoms with Crippen LogP contribution in [-0.2, 0) is 4.74 Å². The van der Waals surface area contributed by atoms with Crippen molar-refractivity contribution >= 4 is 11.7 Å². The topological polar surface area (TPSA) is 61.5 Å². The second-order valence-corrected chi connectivity index (χ2v) is 5.77. The van der Waals surface area contributed by atoms with Crippen molar-refractivity contribution in [2.24, 2.45) is 5.92 Å². The molecule has 0 aliphatic heterocycles. The zero-order valence-corrected chi connectivity index (χ0v) is 12.2. The Kier molecular flexibility index (Phi) is 4.88. The third-order valence-corrected chi connectivity index (χ3v) is 3.39. The zero-order valence-electron chi connectivity index (χ0n) is 12.2. The summed E-state index contributed by atoms with van der Waals surface area (Å²) in [6.07, 6.45) is 4.29. The summed E-state index contributed by atoms with van der Waals surface area (Å²) < 4.78 is 11.0. The highest BCUT2D eigenvalue weighted by molar-refractivity contribution is 5.91.